The van der Waals surface area contributed by atoms with Gasteiger partial charge in [0.15, 0.2) is 0 Å². The lowest BCUT2D eigenvalue weighted by Gasteiger charge is -2.32. The van der Waals surface area contributed by atoms with E-state index in [1.54, 1.807) is 30.3 Å². The lowest BCUT2D eigenvalue weighted by Crippen LogP contribution is -2.49. The smallest absolute Gasteiger partial charge is 0.338 e. The minimum atomic E-state index is -1.25. The fraction of sp³-hybridized carbons (Fsp3) is 0.250. The molecular formula is C28H21Cl2FN4O3. The Balaban J connectivity index is 1.47. The largest absolute Gasteiger partial charge is 0.465 e. The lowest BCUT2D eigenvalue weighted by atomic mass is 9.71. The number of aromatic nitrogens is 2. The molecule has 4 aromatic rings. The number of carbonyl (C=O) groups is 2. The highest BCUT2D eigenvalue weighted by Crippen LogP contribution is 2.60. The maximum absolute atomic E-state index is 15.7. The fourth-order valence-electron chi connectivity index (χ4n) is 6.71. The normalized spacial score (nSPS) is 25.0. The number of benzene rings is 2. The van der Waals surface area contributed by atoms with Gasteiger partial charge in [0.1, 0.15) is 17.0 Å². The molecule has 1 fully saturated rings. The quantitative estimate of drug-likeness (QED) is 0.338. The van der Waals surface area contributed by atoms with Crippen molar-refractivity contribution < 1.29 is 18.7 Å². The number of imidazole rings is 1. The summed E-state index contributed by atoms with van der Waals surface area (Å²) in [5.41, 5.74) is 3.89. The number of esters is 1. The van der Waals surface area contributed by atoms with Crippen LogP contribution < -0.4 is 10.6 Å². The van der Waals surface area contributed by atoms with E-state index < -0.39 is 23.2 Å². The Kier molecular flexibility index (Phi) is 4.99. The molecule has 0 bridgehead atoms. The van der Waals surface area contributed by atoms with Crippen LogP contribution in [0.2, 0.25) is 10.0 Å². The third-order valence-electron chi connectivity index (χ3n) is 8.23. The molecule has 2 aliphatic heterocycles. The Morgan fingerprint density at radius 1 is 1.24 bits per heavy atom. The van der Waals surface area contributed by atoms with Gasteiger partial charge in [0.05, 0.1) is 23.4 Å². The number of nitrogens with zero attached hydrogens (tertiary/aromatic N) is 2. The molecule has 0 radical (unpaired) electrons. The van der Waals surface area contributed by atoms with Gasteiger partial charge in [-0.1, -0.05) is 41.4 Å². The molecule has 10 heteroatoms. The van der Waals surface area contributed by atoms with E-state index in [-0.39, 0.29) is 22.9 Å². The summed E-state index contributed by atoms with van der Waals surface area (Å²) in [6.07, 6.45) is 2.44. The van der Waals surface area contributed by atoms with Crippen molar-refractivity contribution in [3.8, 4) is 0 Å². The van der Waals surface area contributed by atoms with E-state index in [1.165, 1.54) is 13.2 Å². The molecular weight excluding hydrogens is 530 g/mol. The Labute approximate surface area is 226 Å². The highest BCUT2D eigenvalue weighted by atomic mass is 35.5. The second kappa shape index (κ2) is 8.02. The summed E-state index contributed by atoms with van der Waals surface area (Å²) in [4.78, 5) is 31.1. The lowest BCUT2D eigenvalue weighted by molar-refractivity contribution is -0.122. The van der Waals surface area contributed by atoms with E-state index in [4.69, 9.17) is 32.9 Å². The Hall–Kier alpha value is -3.46. The highest BCUT2D eigenvalue weighted by molar-refractivity contribution is 6.31. The number of amides is 1. The first kappa shape index (κ1) is 23.6. The van der Waals surface area contributed by atoms with Crippen molar-refractivity contribution in [1.82, 2.24) is 14.7 Å². The molecule has 0 unspecified atom stereocenters. The molecule has 2 aromatic carbocycles. The summed E-state index contributed by atoms with van der Waals surface area (Å²) in [5.74, 6) is -2.27. The van der Waals surface area contributed by atoms with Crippen molar-refractivity contribution in [2.24, 2.45) is 0 Å². The van der Waals surface area contributed by atoms with E-state index >= 15 is 4.39 Å². The topological polar surface area (TPSA) is 84.7 Å². The van der Waals surface area contributed by atoms with Gasteiger partial charge in [0, 0.05) is 52.5 Å². The molecule has 2 N–H and O–H groups in total. The van der Waals surface area contributed by atoms with Crippen LogP contribution in [0, 0.1) is 12.7 Å². The van der Waals surface area contributed by atoms with Crippen LogP contribution in [0.1, 0.15) is 50.3 Å². The van der Waals surface area contributed by atoms with Crippen molar-refractivity contribution in [2.45, 2.75) is 36.8 Å². The fourth-order valence-corrected chi connectivity index (χ4v) is 7.06. The molecule has 4 heterocycles. The van der Waals surface area contributed by atoms with Crippen LogP contribution in [0.25, 0.3) is 5.65 Å². The summed E-state index contributed by atoms with van der Waals surface area (Å²) in [6.45, 7) is 1.84. The first-order chi connectivity index (χ1) is 18.2. The zero-order chi connectivity index (χ0) is 26.5. The molecule has 3 aliphatic rings. The van der Waals surface area contributed by atoms with Gasteiger partial charge >= 0.3 is 5.97 Å². The van der Waals surface area contributed by atoms with Crippen molar-refractivity contribution in [1.29, 1.82) is 0 Å². The molecule has 2 aromatic heterocycles. The van der Waals surface area contributed by atoms with Crippen LogP contribution in [0.3, 0.4) is 0 Å². The molecule has 38 heavy (non-hydrogen) atoms. The minimum absolute atomic E-state index is 0.0117. The molecule has 7 nitrogen and oxygen atoms in total. The third-order valence-corrected chi connectivity index (χ3v) is 8.75. The van der Waals surface area contributed by atoms with Crippen molar-refractivity contribution in [2.75, 3.05) is 12.4 Å². The summed E-state index contributed by atoms with van der Waals surface area (Å²) in [6, 6.07) is 11.7. The number of fused-ring (bicyclic) bond motifs is 7. The van der Waals surface area contributed by atoms with Gasteiger partial charge in [-0.15, -0.1) is 0 Å². The van der Waals surface area contributed by atoms with Gasteiger partial charge in [-0.3, -0.25) is 10.1 Å². The Bertz CT molecular complexity index is 1720. The number of ether oxygens (including phenoxy) is 1. The first-order valence-corrected chi connectivity index (χ1v) is 12.9. The first-order valence-electron chi connectivity index (χ1n) is 12.2. The molecule has 1 spiro atoms. The van der Waals surface area contributed by atoms with E-state index in [9.17, 15) is 9.59 Å². The standard InChI is InChI=1S/C28H21Cl2FN4O3/c1-12-11-35-20-10-19-22(25(20)33-21(35)9-15(12)26(36)38-2)23(14-4-3-5-17(30)24(14)31)28(34-19)16-7-6-13(29)8-18(16)32-27(28)37/h3-9,11,19,22-23,34H,10H2,1-2H3,(H,32,37)/t19-,22+,23-,28+/m0/s1. The molecule has 192 valence electrons. The third kappa shape index (κ3) is 2.96. The van der Waals surface area contributed by atoms with E-state index in [0.29, 0.717) is 39.5 Å². The van der Waals surface area contributed by atoms with Crippen LogP contribution in [0.4, 0.5) is 10.1 Å². The number of nitrogens with one attached hydrogen (secondary N) is 2. The predicted octanol–water partition coefficient (Wildman–Crippen LogP) is 5.12. The molecule has 1 saturated heterocycles. The maximum Gasteiger partial charge on any atom is 0.338 e. The Morgan fingerprint density at radius 3 is 2.84 bits per heavy atom. The number of halogens is 3. The summed E-state index contributed by atoms with van der Waals surface area (Å²) in [5, 5.41) is 7.05. The van der Waals surface area contributed by atoms with Crippen LogP contribution in [0.5, 0.6) is 0 Å². The zero-order valence-electron chi connectivity index (χ0n) is 20.3. The maximum atomic E-state index is 15.7. The molecule has 4 atom stereocenters. The minimum Gasteiger partial charge on any atom is -0.465 e. The number of pyridine rings is 1. The number of aryl methyl sites for hydroxylation is 1. The van der Waals surface area contributed by atoms with Crippen LogP contribution in [-0.2, 0) is 21.5 Å². The Morgan fingerprint density at radius 2 is 2.05 bits per heavy atom. The molecule has 7 rings (SSSR count). The summed E-state index contributed by atoms with van der Waals surface area (Å²) in [7, 11) is 1.34. The van der Waals surface area contributed by atoms with Crippen molar-refractivity contribution in [3.05, 3.63) is 98.2 Å². The number of carbonyl (C=O) groups excluding carboxylic acids is 2. The van der Waals surface area contributed by atoms with E-state index in [2.05, 4.69) is 10.6 Å². The van der Waals surface area contributed by atoms with Gasteiger partial charge in [-0.05, 0) is 42.3 Å². The number of hydrogen-bond acceptors (Lipinski definition) is 5. The average molecular weight is 551 g/mol. The summed E-state index contributed by atoms with van der Waals surface area (Å²) >= 11 is 12.5. The van der Waals surface area contributed by atoms with Crippen molar-refractivity contribution >= 4 is 46.4 Å². The molecule has 1 amide bonds. The SMILES string of the molecule is COC(=O)c1cc2nc3c(n2cc1C)C[C@@H]1N[C@@]2(C(=O)Nc4cc(Cl)ccc42)[C@@H](c2cccc(Cl)c2F)[C@H]31. The second-order valence-electron chi connectivity index (χ2n) is 10.1. The predicted molar refractivity (Wildman–Crippen MR) is 141 cm³/mol. The van der Waals surface area contributed by atoms with Gasteiger partial charge < -0.3 is 14.5 Å². The monoisotopic (exact) mass is 550 g/mol. The van der Waals surface area contributed by atoms with E-state index in [1.807, 2.05) is 23.6 Å². The van der Waals surface area contributed by atoms with Crippen LogP contribution in [-0.4, -0.2) is 34.4 Å². The number of hydrogen-bond donors (Lipinski definition) is 2. The van der Waals surface area contributed by atoms with Gasteiger partial charge in [-0.25, -0.2) is 14.2 Å². The number of rotatable bonds is 2. The molecule has 0 saturated carbocycles. The van der Waals surface area contributed by atoms with Gasteiger partial charge in [0.2, 0.25) is 5.91 Å². The average Bonchev–Trinajstić information content (AvgIpc) is 3.58. The highest BCUT2D eigenvalue weighted by Gasteiger charge is 2.65. The number of anilines is 1. The zero-order valence-corrected chi connectivity index (χ0v) is 21.8. The van der Waals surface area contributed by atoms with Crippen molar-refractivity contribution in [3.63, 3.8) is 0 Å². The van der Waals surface area contributed by atoms with Crippen LogP contribution >= 0.6 is 23.2 Å². The van der Waals surface area contributed by atoms with Crippen LogP contribution in [0.15, 0.2) is 48.7 Å². The van der Waals surface area contributed by atoms with Gasteiger partial charge in [0.25, 0.3) is 0 Å². The summed E-state index contributed by atoms with van der Waals surface area (Å²) < 4.78 is 22.6. The van der Waals surface area contributed by atoms with E-state index in [0.717, 1.165) is 17.0 Å². The number of methoxy groups -OCH3 is 1. The molecule has 1 aliphatic carbocycles. The second-order valence-corrected chi connectivity index (χ2v) is 10.9. The van der Waals surface area contributed by atoms with Gasteiger partial charge in [-0.2, -0.15) is 0 Å².